The van der Waals surface area contributed by atoms with Gasteiger partial charge in [0.1, 0.15) is 11.2 Å². The summed E-state index contributed by atoms with van der Waals surface area (Å²) < 4.78 is 6.26. The molecule has 0 bridgehead atoms. The molecule has 0 saturated carbocycles. The van der Waals surface area contributed by atoms with Gasteiger partial charge in [0.15, 0.2) is 0 Å². The Kier molecular flexibility index (Phi) is 5.39. The number of allylic oxidation sites excluding steroid dienone is 1. The Morgan fingerprint density at radius 1 is 0.442 bits per heavy atom. The number of rotatable bonds is 3. The molecule has 1 nitrogen and oxygen atoms in total. The first kappa shape index (κ1) is 24.2. The first-order valence-electron chi connectivity index (χ1n) is 15.1. The van der Waals surface area contributed by atoms with Gasteiger partial charge in [-0.1, -0.05) is 121 Å². The van der Waals surface area contributed by atoms with Crippen LogP contribution in [0.1, 0.15) is 17.5 Å². The molecule has 0 atom stereocenters. The van der Waals surface area contributed by atoms with Gasteiger partial charge in [0.05, 0.1) is 0 Å². The molecule has 1 heteroatoms. The van der Waals surface area contributed by atoms with E-state index in [9.17, 15) is 0 Å². The maximum absolute atomic E-state index is 6.26. The molecule has 1 aliphatic carbocycles. The second-order valence-corrected chi connectivity index (χ2v) is 11.6. The van der Waals surface area contributed by atoms with Crippen molar-refractivity contribution in [1.29, 1.82) is 0 Å². The number of furan rings is 1. The molecule has 0 N–H and O–H groups in total. The summed E-state index contributed by atoms with van der Waals surface area (Å²) in [5, 5.41) is 7.38. The lowest BCUT2D eigenvalue weighted by atomic mass is 9.80. The van der Waals surface area contributed by atoms with Crippen molar-refractivity contribution >= 4 is 49.6 Å². The van der Waals surface area contributed by atoms with Crippen LogP contribution in [0.15, 0.2) is 144 Å². The number of hydrogen-bond donors (Lipinski definition) is 0. The SMILES string of the molecule is C1=Cc2c(c(-c3ccc(-c4ccc5oc6cc7ccccc7cc6c5c4)cc3)c3ccccc3c2-c2ccccc2)CC1. The molecule has 0 amide bonds. The molecule has 8 aromatic rings. The van der Waals surface area contributed by atoms with Gasteiger partial charge in [-0.3, -0.25) is 0 Å². The van der Waals surface area contributed by atoms with Crippen molar-refractivity contribution in [3.8, 4) is 33.4 Å². The van der Waals surface area contributed by atoms with Gasteiger partial charge in [0.25, 0.3) is 0 Å². The Balaban J connectivity index is 1.19. The van der Waals surface area contributed by atoms with Gasteiger partial charge in [-0.25, -0.2) is 0 Å². The quantitative estimate of drug-likeness (QED) is 0.214. The Labute approximate surface area is 250 Å². The summed E-state index contributed by atoms with van der Waals surface area (Å²) in [7, 11) is 0. The van der Waals surface area contributed by atoms with Crippen LogP contribution in [-0.4, -0.2) is 0 Å². The van der Waals surface area contributed by atoms with Gasteiger partial charge >= 0.3 is 0 Å². The van der Waals surface area contributed by atoms with Crippen molar-refractivity contribution < 1.29 is 4.42 Å². The summed E-state index contributed by atoms with van der Waals surface area (Å²) in [6.07, 6.45) is 6.79. The van der Waals surface area contributed by atoms with E-state index >= 15 is 0 Å². The Hall–Kier alpha value is -5.40. The molecule has 202 valence electrons. The van der Waals surface area contributed by atoms with Gasteiger partial charge in [0, 0.05) is 10.8 Å². The third-order valence-corrected chi connectivity index (χ3v) is 9.11. The third-order valence-electron chi connectivity index (χ3n) is 9.11. The average molecular weight is 549 g/mol. The minimum Gasteiger partial charge on any atom is -0.456 e. The minimum atomic E-state index is 0.926. The minimum absolute atomic E-state index is 0.926. The van der Waals surface area contributed by atoms with Crippen LogP contribution in [0, 0.1) is 0 Å². The summed E-state index contributed by atoms with van der Waals surface area (Å²) in [5.74, 6) is 0. The maximum Gasteiger partial charge on any atom is 0.136 e. The van der Waals surface area contributed by atoms with E-state index in [1.807, 2.05) is 0 Å². The van der Waals surface area contributed by atoms with Crippen molar-refractivity contribution in [3.63, 3.8) is 0 Å². The van der Waals surface area contributed by atoms with Crippen LogP contribution in [0.25, 0.3) is 82.9 Å². The molecule has 0 spiro atoms. The molecule has 0 radical (unpaired) electrons. The zero-order valence-corrected chi connectivity index (χ0v) is 23.7. The smallest absolute Gasteiger partial charge is 0.136 e. The van der Waals surface area contributed by atoms with E-state index in [1.165, 1.54) is 66.1 Å². The van der Waals surface area contributed by atoms with E-state index < -0.39 is 0 Å². The third kappa shape index (κ3) is 3.86. The Morgan fingerprint density at radius 2 is 1.07 bits per heavy atom. The van der Waals surface area contributed by atoms with Crippen LogP contribution in [0.4, 0.5) is 0 Å². The summed E-state index contributed by atoms with van der Waals surface area (Å²) in [6, 6.07) is 48.4. The molecular weight excluding hydrogens is 520 g/mol. The second kappa shape index (κ2) is 9.58. The van der Waals surface area contributed by atoms with Crippen molar-refractivity contribution in [2.24, 2.45) is 0 Å². The summed E-state index contributed by atoms with van der Waals surface area (Å²) in [4.78, 5) is 0. The maximum atomic E-state index is 6.26. The zero-order chi connectivity index (χ0) is 28.3. The molecule has 7 aromatic carbocycles. The van der Waals surface area contributed by atoms with Crippen LogP contribution < -0.4 is 0 Å². The lowest BCUT2D eigenvalue weighted by Gasteiger charge is -2.23. The highest BCUT2D eigenvalue weighted by Gasteiger charge is 2.21. The van der Waals surface area contributed by atoms with Gasteiger partial charge in [-0.05, 0) is 103 Å². The average Bonchev–Trinajstić information content (AvgIpc) is 3.43. The monoisotopic (exact) mass is 548 g/mol. The molecule has 1 heterocycles. The van der Waals surface area contributed by atoms with Crippen molar-refractivity contribution in [3.05, 3.63) is 151 Å². The first-order valence-corrected chi connectivity index (χ1v) is 15.1. The van der Waals surface area contributed by atoms with Gasteiger partial charge in [-0.15, -0.1) is 0 Å². The van der Waals surface area contributed by atoms with E-state index in [-0.39, 0.29) is 0 Å². The second-order valence-electron chi connectivity index (χ2n) is 11.6. The van der Waals surface area contributed by atoms with E-state index in [4.69, 9.17) is 4.42 Å². The number of fused-ring (bicyclic) bond motifs is 6. The molecular formula is C42H28O. The van der Waals surface area contributed by atoms with Gasteiger partial charge in [-0.2, -0.15) is 0 Å². The van der Waals surface area contributed by atoms with Crippen LogP contribution in [0.2, 0.25) is 0 Å². The zero-order valence-electron chi connectivity index (χ0n) is 23.7. The van der Waals surface area contributed by atoms with Crippen LogP contribution in [-0.2, 0) is 6.42 Å². The highest BCUT2D eigenvalue weighted by molar-refractivity contribution is 6.12. The normalized spacial score (nSPS) is 12.8. The van der Waals surface area contributed by atoms with Crippen molar-refractivity contribution in [1.82, 2.24) is 0 Å². The van der Waals surface area contributed by atoms with Gasteiger partial charge < -0.3 is 4.42 Å². The van der Waals surface area contributed by atoms with Crippen LogP contribution in [0.3, 0.4) is 0 Å². The van der Waals surface area contributed by atoms with E-state index in [2.05, 4.69) is 146 Å². The predicted octanol–water partition coefficient (Wildman–Crippen LogP) is 11.9. The Bertz CT molecular complexity index is 2370. The van der Waals surface area contributed by atoms with Crippen molar-refractivity contribution in [2.75, 3.05) is 0 Å². The molecule has 43 heavy (non-hydrogen) atoms. The molecule has 9 rings (SSSR count). The van der Waals surface area contributed by atoms with Crippen molar-refractivity contribution in [2.45, 2.75) is 12.8 Å². The van der Waals surface area contributed by atoms with Gasteiger partial charge in [0.2, 0.25) is 0 Å². The molecule has 1 aliphatic rings. The summed E-state index contributed by atoms with van der Waals surface area (Å²) in [6.45, 7) is 0. The standard InChI is InChI=1S/C42H28O/c1-2-10-28(11-3-1)41-33-14-6-8-16-35(33)42(36-17-9-7-15-34(36)41)29-20-18-27(19-21-29)32-22-23-39-37(25-32)38-24-30-12-4-5-13-31(30)26-40(38)43-39/h1-8,10-16,18-26H,9,17H2. The molecule has 1 aromatic heterocycles. The lowest BCUT2D eigenvalue weighted by Crippen LogP contribution is -2.02. The highest BCUT2D eigenvalue weighted by atomic mass is 16.3. The molecule has 0 fully saturated rings. The highest BCUT2D eigenvalue weighted by Crippen LogP contribution is 2.45. The number of benzene rings is 7. The molecule has 0 saturated heterocycles. The fourth-order valence-electron chi connectivity index (χ4n) is 7.10. The topological polar surface area (TPSA) is 13.1 Å². The fraction of sp³-hybridized carbons (Fsp3) is 0.0476. The Morgan fingerprint density at radius 3 is 1.88 bits per heavy atom. The first-order chi connectivity index (χ1) is 21.3. The van der Waals surface area contributed by atoms with Crippen LogP contribution >= 0.6 is 0 Å². The number of hydrogen-bond acceptors (Lipinski definition) is 1. The summed E-state index contributed by atoms with van der Waals surface area (Å²) >= 11 is 0. The van der Waals surface area contributed by atoms with Crippen LogP contribution in [0.5, 0.6) is 0 Å². The predicted molar refractivity (Wildman–Crippen MR) is 182 cm³/mol. The largest absolute Gasteiger partial charge is 0.456 e. The lowest BCUT2D eigenvalue weighted by molar-refractivity contribution is 0.669. The van der Waals surface area contributed by atoms with E-state index in [0.29, 0.717) is 0 Å². The van der Waals surface area contributed by atoms with E-state index in [1.54, 1.807) is 0 Å². The van der Waals surface area contributed by atoms with E-state index in [0.717, 1.165) is 34.8 Å². The summed E-state index contributed by atoms with van der Waals surface area (Å²) in [5.41, 5.74) is 12.3. The molecule has 0 unspecified atom stereocenters. The molecule has 0 aliphatic heterocycles. The fourth-order valence-corrected chi connectivity index (χ4v) is 7.10.